The third-order valence-corrected chi connectivity index (χ3v) is 4.84. The predicted molar refractivity (Wildman–Crippen MR) is 103 cm³/mol. The minimum Gasteiger partial charge on any atom is -0.449 e. The van der Waals surface area contributed by atoms with E-state index in [1.165, 1.54) is 17.3 Å². The Morgan fingerprint density at radius 1 is 1.19 bits per heavy atom. The zero-order valence-electron chi connectivity index (χ0n) is 15.3. The third kappa shape index (κ3) is 5.33. The molecule has 2 rings (SSSR count). The van der Waals surface area contributed by atoms with Crippen molar-refractivity contribution in [3.63, 3.8) is 0 Å². The largest absolute Gasteiger partial charge is 0.449 e. The minimum atomic E-state index is -0.870. The number of esters is 1. The third-order valence-electron chi connectivity index (χ3n) is 4.12. The van der Waals surface area contributed by atoms with Crippen LogP contribution in [-0.4, -0.2) is 35.8 Å². The van der Waals surface area contributed by atoms with E-state index in [1.54, 1.807) is 25.3 Å². The van der Waals surface area contributed by atoms with E-state index < -0.39 is 12.1 Å². The van der Waals surface area contributed by atoms with Crippen LogP contribution in [0.2, 0.25) is 0 Å². The Bertz CT molecular complexity index is 737. The second-order valence-electron chi connectivity index (χ2n) is 5.87. The molecule has 138 valence electrons. The molecule has 1 amide bonds. The average molecular weight is 372 g/mol. The van der Waals surface area contributed by atoms with Gasteiger partial charge < -0.3 is 10.1 Å². The van der Waals surface area contributed by atoms with E-state index in [0.29, 0.717) is 17.1 Å². The maximum atomic E-state index is 12.3. The molecule has 2 atom stereocenters. The Kier molecular flexibility index (Phi) is 7.66. The van der Waals surface area contributed by atoms with E-state index in [4.69, 9.17) is 4.74 Å². The number of rotatable bonds is 8. The van der Waals surface area contributed by atoms with E-state index in [2.05, 4.69) is 29.4 Å². The van der Waals surface area contributed by atoms with Crippen molar-refractivity contribution < 1.29 is 14.3 Å². The number of nitrogens with one attached hydrogen (secondary N) is 1. The number of carbonyl (C=O) groups excluding carboxylic acids is 2. The van der Waals surface area contributed by atoms with E-state index in [9.17, 15) is 9.59 Å². The average Bonchev–Trinajstić information content (AvgIpc) is 2.68. The molecule has 26 heavy (non-hydrogen) atoms. The molecule has 0 fully saturated rings. The quantitative estimate of drug-likeness (QED) is 0.566. The van der Waals surface area contributed by atoms with Gasteiger partial charge in [0.25, 0.3) is 5.91 Å². The number of carbonyl (C=O) groups is 2. The first-order valence-electron chi connectivity index (χ1n) is 8.59. The van der Waals surface area contributed by atoms with Gasteiger partial charge in [0.1, 0.15) is 5.03 Å². The van der Waals surface area contributed by atoms with Gasteiger partial charge >= 0.3 is 5.97 Å². The van der Waals surface area contributed by atoms with Crippen LogP contribution in [0.15, 0.2) is 53.7 Å². The summed E-state index contributed by atoms with van der Waals surface area (Å²) in [7, 11) is 0. The molecule has 1 aromatic carbocycles. The molecule has 0 spiro atoms. The molecule has 6 heteroatoms. The lowest BCUT2D eigenvalue weighted by atomic mass is 9.96. The number of hydrogen-bond acceptors (Lipinski definition) is 5. The van der Waals surface area contributed by atoms with E-state index >= 15 is 0 Å². The molecule has 1 aromatic heterocycles. The van der Waals surface area contributed by atoms with Crippen LogP contribution in [0.1, 0.15) is 42.1 Å². The summed E-state index contributed by atoms with van der Waals surface area (Å²) in [5.74, 6) is -0.619. The van der Waals surface area contributed by atoms with Crippen molar-refractivity contribution >= 4 is 23.6 Å². The number of hydrogen-bond donors (Lipinski definition) is 1. The molecule has 1 N–H and O–H groups in total. The number of benzene rings is 1. The number of ether oxygens (including phenoxy) is 1. The van der Waals surface area contributed by atoms with Crippen molar-refractivity contribution in [2.75, 3.05) is 12.8 Å². The lowest BCUT2D eigenvalue weighted by molar-refractivity contribution is -0.129. The zero-order valence-corrected chi connectivity index (χ0v) is 16.1. The van der Waals surface area contributed by atoms with Gasteiger partial charge in [-0.15, -0.1) is 11.8 Å². The molecule has 0 bridgehead atoms. The Morgan fingerprint density at radius 3 is 2.58 bits per heavy atom. The molecule has 0 saturated carbocycles. The van der Waals surface area contributed by atoms with Gasteiger partial charge in [0.15, 0.2) is 6.10 Å². The van der Waals surface area contributed by atoms with Gasteiger partial charge in [-0.3, -0.25) is 4.79 Å². The maximum absolute atomic E-state index is 12.3. The van der Waals surface area contributed by atoms with Gasteiger partial charge in [-0.2, -0.15) is 0 Å². The first kappa shape index (κ1) is 20.0. The predicted octanol–water partition coefficient (Wildman–Crippen LogP) is 3.66. The summed E-state index contributed by atoms with van der Waals surface area (Å²) in [6, 6.07) is 13.4. The van der Waals surface area contributed by atoms with Gasteiger partial charge in [-0.1, -0.05) is 37.3 Å². The van der Waals surface area contributed by atoms with Crippen molar-refractivity contribution in [2.24, 2.45) is 0 Å². The minimum absolute atomic E-state index is 0.226. The maximum Gasteiger partial charge on any atom is 0.341 e. The van der Waals surface area contributed by atoms with Gasteiger partial charge in [0, 0.05) is 18.7 Å². The number of amides is 1. The number of pyridine rings is 1. The van der Waals surface area contributed by atoms with Gasteiger partial charge in [0.05, 0.1) is 5.56 Å². The lowest BCUT2D eigenvalue weighted by Gasteiger charge is -2.18. The second-order valence-corrected chi connectivity index (χ2v) is 6.66. The van der Waals surface area contributed by atoms with E-state index in [-0.39, 0.29) is 11.8 Å². The Hall–Kier alpha value is -2.34. The summed E-state index contributed by atoms with van der Waals surface area (Å²) in [5, 5.41) is 3.46. The van der Waals surface area contributed by atoms with Crippen LogP contribution in [-0.2, 0) is 9.53 Å². The number of aromatic nitrogens is 1. The van der Waals surface area contributed by atoms with Crippen LogP contribution in [0.3, 0.4) is 0 Å². The summed E-state index contributed by atoms with van der Waals surface area (Å²) in [5.41, 5.74) is 1.55. The van der Waals surface area contributed by atoms with Crippen LogP contribution >= 0.6 is 11.8 Å². The van der Waals surface area contributed by atoms with Crippen molar-refractivity contribution in [1.82, 2.24) is 10.3 Å². The van der Waals surface area contributed by atoms with Crippen molar-refractivity contribution in [3.8, 4) is 0 Å². The molecule has 0 aliphatic heterocycles. The summed E-state index contributed by atoms with van der Waals surface area (Å²) in [6.45, 7) is 4.16. The molecular formula is C20H24N2O3S. The van der Waals surface area contributed by atoms with Crippen molar-refractivity contribution in [2.45, 2.75) is 37.3 Å². The Morgan fingerprint density at radius 2 is 1.92 bits per heavy atom. The van der Waals surface area contributed by atoms with Crippen LogP contribution in [0.25, 0.3) is 0 Å². The molecular weight excluding hydrogens is 348 g/mol. The molecule has 0 radical (unpaired) electrons. The van der Waals surface area contributed by atoms with Crippen LogP contribution < -0.4 is 5.32 Å². The van der Waals surface area contributed by atoms with Crippen LogP contribution in [0.4, 0.5) is 0 Å². The fourth-order valence-corrected chi connectivity index (χ4v) is 3.11. The summed E-state index contributed by atoms with van der Waals surface area (Å²) >= 11 is 1.36. The molecule has 0 aliphatic rings. The zero-order chi connectivity index (χ0) is 18.9. The second kappa shape index (κ2) is 9.97. The molecule has 0 saturated heterocycles. The summed E-state index contributed by atoms with van der Waals surface area (Å²) in [6.07, 6.45) is 3.49. The number of nitrogens with zero attached hydrogens (tertiary/aromatic N) is 1. The SMILES string of the molecule is CC[C@@H](CNC(=O)[C@H](C)OC(=O)c1cccnc1SC)c1ccccc1. The highest BCUT2D eigenvalue weighted by Gasteiger charge is 2.21. The van der Waals surface area contributed by atoms with Crippen LogP contribution in [0, 0.1) is 0 Å². The molecule has 5 nitrogen and oxygen atoms in total. The fraction of sp³-hybridized carbons (Fsp3) is 0.350. The standard InChI is InChI=1S/C20H24N2O3S/c1-4-15(16-9-6-5-7-10-16)13-22-18(23)14(2)25-20(24)17-11-8-12-21-19(17)26-3/h5-12,14-15H,4,13H2,1-3H3,(H,22,23)/t14-,15-/m0/s1. The Balaban J connectivity index is 1.92. The highest BCUT2D eigenvalue weighted by atomic mass is 32.2. The molecule has 2 aromatic rings. The van der Waals surface area contributed by atoms with Gasteiger partial charge in [0.2, 0.25) is 0 Å². The van der Waals surface area contributed by atoms with Crippen molar-refractivity contribution in [1.29, 1.82) is 0 Å². The molecule has 0 aliphatic carbocycles. The fourth-order valence-electron chi connectivity index (χ4n) is 2.58. The topological polar surface area (TPSA) is 68.3 Å². The first-order valence-corrected chi connectivity index (χ1v) is 9.81. The van der Waals surface area contributed by atoms with E-state index in [0.717, 1.165) is 6.42 Å². The van der Waals surface area contributed by atoms with Gasteiger partial charge in [-0.05, 0) is 37.3 Å². The first-order chi connectivity index (χ1) is 12.6. The van der Waals surface area contributed by atoms with Gasteiger partial charge in [-0.25, -0.2) is 9.78 Å². The monoisotopic (exact) mass is 372 g/mol. The van der Waals surface area contributed by atoms with Crippen molar-refractivity contribution in [3.05, 3.63) is 59.8 Å². The summed E-state index contributed by atoms with van der Waals surface area (Å²) < 4.78 is 5.31. The highest BCUT2D eigenvalue weighted by Crippen LogP contribution is 2.19. The van der Waals surface area contributed by atoms with E-state index in [1.807, 2.05) is 24.5 Å². The molecule has 0 unspecified atom stereocenters. The summed E-state index contributed by atoms with van der Waals surface area (Å²) in [4.78, 5) is 28.7. The molecule has 1 heterocycles. The normalized spacial score (nSPS) is 12.9. The lowest BCUT2D eigenvalue weighted by Crippen LogP contribution is -2.38. The number of thioether (sulfide) groups is 1. The highest BCUT2D eigenvalue weighted by molar-refractivity contribution is 7.98. The smallest absolute Gasteiger partial charge is 0.341 e. The Labute approximate surface area is 158 Å². The van der Waals surface area contributed by atoms with Crippen LogP contribution in [0.5, 0.6) is 0 Å².